The summed E-state index contributed by atoms with van der Waals surface area (Å²) in [5.74, 6) is 1.30. The van der Waals surface area contributed by atoms with Gasteiger partial charge in [0.25, 0.3) is 0 Å². The molecule has 22 heavy (non-hydrogen) atoms. The smallest absolute Gasteiger partial charge is 0.315 e. The quantitative estimate of drug-likeness (QED) is 0.775. The number of ether oxygens (including phenoxy) is 2. The molecule has 122 valence electrons. The number of urea groups is 1. The van der Waals surface area contributed by atoms with Gasteiger partial charge < -0.3 is 25.2 Å². The Labute approximate surface area is 130 Å². The van der Waals surface area contributed by atoms with Crippen LogP contribution in [0.1, 0.15) is 31.2 Å². The summed E-state index contributed by atoms with van der Waals surface area (Å²) in [5, 5.41) is 15.3. The van der Waals surface area contributed by atoms with Crippen LogP contribution >= 0.6 is 0 Å². The predicted octanol–water partition coefficient (Wildman–Crippen LogP) is 1.81. The minimum atomic E-state index is -0.301. The molecule has 0 saturated heterocycles. The monoisotopic (exact) mass is 308 g/mol. The van der Waals surface area contributed by atoms with Gasteiger partial charge in [0.05, 0.1) is 20.3 Å². The van der Waals surface area contributed by atoms with E-state index >= 15 is 0 Å². The largest absolute Gasteiger partial charge is 0.493 e. The maximum atomic E-state index is 11.9. The lowest BCUT2D eigenvalue weighted by Crippen LogP contribution is -2.44. The number of nitrogens with one attached hydrogen (secondary N) is 2. The first-order valence-electron chi connectivity index (χ1n) is 7.55. The fraction of sp³-hybridized carbons (Fsp3) is 0.562. The molecule has 6 nitrogen and oxygen atoms in total. The maximum Gasteiger partial charge on any atom is 0.315 e. The topological polar surface area (TPSA) is 79.8 Å². The van der Waals surface area contributed by atoms with Crippen molar-refractivity contribution < 1.29 is 19.4 Å². The van der Waals surface area contributed by atoms with Gasteiger partial charge in [-0.1, -0.05) is 6.07 Å². The summed E-state index contributed by atoms with van der Waals surface area (Å²) in [6.45, 7) is 0.404. The van der Waals surface area contributed by atoms with E-state index in [4.69, 9.17) is 9.47 Å². The van der Waals surface area contributed by atoms with Gasteiger partial charge in [-0.2, -0.15) is 0 Å². The number of methoxy groups -OCH3 is 2. The van der Waals surface area contributed by atoms with E-state index in [0.29, 0.717) is 24.5 Å². The van der Waals surface area contributed by atoms with E-state index in [2.05, 4.69) is 10.6 Å². The minimum Gasteiger partial charge on any atom is -0.493 e. The van der Waals surface area contributed by atoms with Crippen molar-refractivity contribution in [2.24, 2.45) is 0 Å². The number of amides is 2. The molecule has 0 aromatic heterocycles. The Morgan fingerprint density at radius 2 is 2.05 bits per heavy atom. The number of benzene rings is 1. The molecule has 0 bridgehead atoms. The van der Waals surface area contributed by atoms with Crippen LogP contribution in [-0.4, -0.2) is 37.5 Å². The van der Waals surface area contributed by atoms with Gasteiger partial charge in [-0.25, -0.2) is 4.79 Å². The third-order valence-corrected chi connectivity index (χ3v) is 3.88. The highest BCUT2D eigenvalue weighted by molar-refractivity contribution is 5.74. The predicted molar refractivity (Wildman–Crippen MR) is 83.2 cm³/mol. The fourth-order valence-corrected chi connectivity index (χ4v) is 2.70. The Morgan fingerprint density at radius 3 is 2.73 bits per heavy atom. The summed E-state index contributed by atoms with van der Waals surface area (Å²) < 4.78 is 10.4. The van der Waals surface area contributed by atoms with Gasteiger partial charge in [0, 0.05) is 12.6 Å². The van der Waals surface area contributed by atoms with E-state index in [9.17, 15) is 9.90 Å². The van der Waals surface area contributed by atoms with Crippen molar-refractivity contribution in [1.82, 2.24) is 10.6 Å². The fourth-order valence-electron chi connectivity index (χ4n) is 2.70. The lowest BCUT2D eigenvalue weighted by molar-refractivity contribution is 0.113. The Kier molecular flexibility index (Phi) is 5.89. The molecule has 1 aromatic rings. The molecule has 1 aliphatic carbocycles. The molecule has 2 amide bonds. The SMILES string of the molecule is COc1ccc(CNC(=O)NC2CCCC(O)C2)cc1OC. The van der Waals surface area contributed by atoms with Crippen molar-refractivity contribution >= 4 is 6.03 Å². The van der Waals surface area contributed by atoms with Gasteiger partial charge in [-0.05, 0) is 43.4 Å². The molecular weight excluding hydrogens is 284 g/mol. The standard InChI is InChI=1S/C16H24N2O4/c1-21-14-7-6-11(8-15(14)22-2)10-17-16(20)18-12-4-3-5-13(19)9-12/h6-8,12-13,19H,3-5,9-10H2,1-2H3,(H2,17,18,20). The van der Waals surface area contributed by atoms with Crippen LogP contribution in [0.15, 0.2) is 18.2 Å². The van der Waals surface area contributed by atoms with Gasteiger partial charge in [0.2, 0.25) is 0 Å². The van der Waals surface area contributed by atoms with Crippen LogP contribution in [-0.2, 0) is 6.54 Å². The zero-order valence-electron chi connectivity index (χ0n) is 13.1. The lowest BCUT2D eigenvalue weighted by Gasteiger charge is -2.26. The van der Waals surface area contributed by atoms with Crippen molar-refractivity contribution in [1.29, 1.82) is 0 Å². The second kappa shape index (κ2) is 7.89. The van der Waals surface area contributed by atoms with Crippen LogP contribution < -0.4 is 20.1 Å². The highest BCUT2D eigenvalue weighted by Gasteiger charge is 2.21. The minimum absolute atomic E-state index is 0.0501. The van der Waals surface area contributed by atoms with Crippen LogP contribution in [0.2, 0.25) is 0 Å². The Balaban J connectivity index is 1.83. The number of rotatable bonds is 5. The molecular formula is C16H24N2O4. The molecule has 0 radical (unpaired) electrons. The average Bonchev–Trinajstić information content (AvgIpc) is 2.52. The van der Waals surface area contributed by atoms with Crippen molar-refractivity contribution in [3.8, 4) is 11.5 Å². The molecule has 1 aliphatic rings. The second-order valence-electron chi connectivity index (χ2n) is 5.53. The van der Waals surface area contributed by atoms with E-state index in [-0.39, 0.29) is 18.2 Å². The number of hydrogen-bond acceptors (Lipinski definition) is 4. The summed E-state index contributed by atoms with van der Waals surface area (Å²) in [4.78, 5) is 11.9. The van der Waals surface area contributed by atoms with E-state index < -0.39 is 0 Å². The van der Waals surface area contributed by atoms with Crippen LogP contribution in [0, 0.1) is 0 Å². The number of hydrogen-bond donors (Lipinski definition) is 3. The van der Waals surface area contributed by atoms with E-state index in [1.165, 1.54) is 0 Å². The first-order valence-corrected chi connectivity index (χ1v) is 7.55. The van der Waals surface area contributed by atoms with Gasteiger partial charge in [-0.15, -0.1) is 0 Å². The molecule has 1 saturated carbocycles. The zero-order valence-corrected chi connectivity index (χ0v) is 13.1. The summed E-state index contributed by atoms with van der Waals surface area (Å²) in [6.07, 6.45) is 3.02. The number of carbonyl (C=O) groups excluding carboxylic acids is 1. The van der Waals surface area contributed by atoms with E-state index in [1.807, 2.05) is 18.2 Å². The van der Waals surface area contributed by atoms with Gasteiger partial charge in [0.15, 0.2) is 11.5 Å². The Hall–Kier alpha value is -1.95. The molecule has 1 fully saturated rings. The number of aliphatic hydroxyl groups excluding tert-OH is 1. The molecule has 0 spiro atoms. The number of carbonyl (C=O) groups is 1. The Bertz CT molecular complexity index is 507. The van der Waals surface area contributed by atoms with Crippen molar-refractivity contribution in [3.63, 3.8) is 0 Å². The molecule has 0 heterocycles. The summed E-state index contributed by atoms with van der Waals surface area (Å²) in [6, 6.07) is 5.36. The molecule has 3 N–H and O–H groups in total. The normalized spacial score (nSPS) is 21.0. The van der Waals surface area contributed by atoms with Gasteiger partial charge in [0.1, 0.15) is 0 Å². The molecule has 2 rings (SSSR count). The maximum absolute atomic E-state index is 11.9. The lowest BCUT2D eigenvalue weighted by atomic mass is 9.93. The van der Waals surface area contributed by atoms with Crippen LogP contribution in [0.5, 0.6) is 11.5 Å². The van der Waals surface area contributed by atoms with Crippen molar-refractivity contribution in [2.45, 2.75) is 44.4 Å². The summed E-state index contributed by atoms with van der Waals surface area (Å²) in [5.41, 5.74) is 0.927. The third-order valence-electron chi connectivity index (χ3n) is 3.88. The van der Waals surface area contributed by atoms with E-state index in [0.717, 1.165) is 24.8 Å². The van der Waals surface area contributed by atoms with E-state index in [1.54, 1.807) is 14.2 Å². The van der Waals surface area contributed by atoms with Crippen LogP contribution in [0.4, 0.5) is 4.79 Å². The highest BCUT2D eigenvalue weighted by atomic mass is 16.5. The van der Waals surface area contributed by atoms with Gasteiger partial charge >= 0.3 is 6.03 Å². The third kappa shape index (κ3) is 4.53. The zero-order chi connectivity index (χ0) is 15.9. The first kappa shape index (κ1) is 16.4. The summed E-state index contributed by atoms with van der Waals surface area (Å²) in [7, 11) is 3.16. The molecule has 1 aromatic carbocycles. The first-order chi connectivity index (χ1) is 10.6. The second-order valence-corrected chi connectivity index (χ2v) is 5.53. The molecule has 2 unspecified atom stereocenters. The molecule has 6 heteroatoms. The average molecular weight is 308 g/mol. The van der Waals surface area contributed by atoms with Crippen LogP contribution in [0.3, 0.4) is 0 Å². The Morgan fingerprint density at radius 1 is 1.27 bits per heavy atom. The molecule has 0 aliphatic heterocycles. The van der Waals surface area contributed by atoms with Crippen molar-refractivity contribution in [3.05, 3.63) is 23.8 Å². The highest BCUT2D eigenvalue weighted by Crippen LogP contribution is 2.27. The van der Waals surface area contributed by atoms with Crippen molar-refractivity contribution in [2.75, 3.05) is 14.2 Å². The molecule has 2 atom stereocenters. The van der Waals surface area contributed by atoms with Crippen LogP contribution in [0.25, 0.3) is 0 Å². The summed E-state index contributed by atoms with van der Waals surface area (Å²) >= 11 is 0. The number of aliphatic hydroxyl groups is 1. The van der Waals surface area contributed by atoms with Gasteiger partial charge in [-0.3, -0.25) is 0 Å².